The summed E-state index contributed by atoms with van der Waals surface area (Å²) in [6.07, 6.45) is 3.75. The second-order valence-corrected chi connectivity index (χ2v) is 8.59. The zero-order valence-electron chi connectivity index (χ0n) is 15.3. The molecule has 0 aliphatic carbocycles. The molecule has 3 aromatic rings. The van der Waals surface area contributed by atoms with Crippen molar-refractivity contribution in [3.8, 4) is 0 Å². The van der Waals surface area contributed by atoms with Crippen LogP contribution in [0.15, 0.2) is 65.8 Å². The highest BCUT2D eigenvalue weighted by atomic mass is 35.5. The van der Waals surface area contributed by atoms with Crippen LogP contribution in [-0.2, 0) is 14.8 Å². The fourth-order valence-corrected chi connectivity index (χ4v) is 4.81. The van der Waals surface area contributed by atoms with Crippen LogP contribution in [0.3, 0.4) is 0 Å². The highest BCUT2D eigenvalue weighted by Gasteiger charge is 2.27. The number of benzene rings is 2. The number of aromatic nitrogens is 1. The van der Waals surface area contributed by atoms with Gasteiger partial charge in [-0.3, -0.25) is 9.78 Å². The Morgan fingerprint density at radius 2 is 1.96 bits per heavy atom. The Balaban J connectivity index is 1.89. The maximum Gasteiger partial charge on any atom is 0.244 e. The van der Waals surface area contributed by atoms with E-state index in [1.165, 1.54) is 4.31 Å². The molecule has 2 aromatic carbocycles. The standard InChI is InChI=1S/C20H20ClN3O3S/c1-2-11-24(14-20(25)23-17-7-4-6-16(21)12-17)28(26,27)19-8-3-5-15-13-22-10-9-18(15)19/h3-10,12-13H,2,11,14H2,1H3,(H,23,25). The van der Waals surface area contributed by atoms with Crippen LogP contribution in [-0.4, -0.2) is 36.7 Å². The van der Waals surface area contributed by atoms with Crippen molar-refractivity contribution in [3.05, 3.63) is 65.9 Å². The molecule has 0 saturated heterocycles. The normalized spacial score (nSPS) is 11.7. The number of sulfonamides is 1. The molecule has 0 spiro atoms. The molecule has 0 radical (unpaired) electrons. The fraction of sp³-hybridized carbons (Fsp3) is 0.200. The molecule has 0 fully saturated rings. The Hall–Kier alpha value is -2.48. The summed E-state index contributed by atoms with van der Waals surface area (Å²) in [7, 11) is -3.87. The molecule has 1 aromatic heterocycles. The third-order valence-electron chi connectivity index (χ3n) is 4.16. The van der Waals surface area contributed by atoms with Crippen LogP contribution in [0.1, 0.15) is 13.3 Å². The van der Waals surface area contributed by atoms with Crippen LogP contribution in [0, 0.1) is 0 Å². The molecule has 0 aliphatic heterocycles. The summed E-state index contributed by atoms with van der Waals surface area (Å²) in [5, 5.41) is 4.48. The molecule has 0 aliphatic rings. The zero-order valence-corrected chi connectivity index (χ0v) is 16.9. The summed E-state index contributed by atoms with van der Waals surface area (Å²) in [4.78, 5) is 16.7. The second-order valence-electron chi connectivity index (χ2n) is 6.25. The molecule has 8 heteroatoms. The van der Waals surface area contributed by atoms with Crippen molar-refractivity contribution < 1.29 is 13.2 Å². The number of carbonyl (C=O) groups excluding carboxylic acids is 1. The Morgan fingerprint density at radius 3 is 2.71 bits per heavy atom. The summed E-state index contributed by atoms with van der Waals surface area (Å²) in [6, 6.07) is 13.4. The lowest BCUT2D eigenvalue weighted by atomic mass is 10.2. The predicted molar refractivity (Wildman–Crippen MR) is 111 cm³/mol. The van der Waals surface area contributed by atoms with E-state index in [1.54, 1.807) is 60.9 Å². The van der Waals surface area contributed by atoms with E-state index in [4.69, 9.17) is 11.6 Å². The molecule has 28 heavy (non-hydrogen) atoms. The van der Waals surface area contributed by atoms with Crippen molar-refractivity contribution in [1.82, 2.24) is 9.29 Å². The van der Waals surface area contributed by atoms with E-state index in [1.807, 2.05) is 6.92 Å². The van der Waals surface area contributed by atoms with Crippen LogP contribution in [0.2, 0.25) is 5.02 Å². The molecule has 0 unspecified atom stereocenters. The van der Waals surface area contributed by atoms with Gasteiger partial charge < -0.3 is 5.32 Å². The number of nitrogens with zero attached hydrogens (tertiary/aromatic N) is 2. The van der Waals surface area contributed by atoms with Gasteiger partial charge in [0.2, 0.25) is 15.9 Å². The molecule has 3 rings (SSSR count). The summed E-state index contributed by atoms with van der Waals surface area (Å²) in [5.74, 6) is -0.429. The minimum absolute atomic E-state index is 0.163. The van der Waals surface area contributed by atoms with Crippen molar-refractivity contribution >= 4 is 44.0 Å². The number of halogens is 1. The highest BCUT2D eigenvalue weighted by Crippen LogP contribution is 2.25. The first-order chi connectivity index (χ1) is 13.4. The van der Waals surface area contributed by atoms with Crippen molar-refractivity contribution in [1.29, 1.82) is 0 Å². The first-order valence-corrected chi connectivity index (χ1v) is 10.6. The maximum atomic E-state index is 13.3. The van der Waals surface area contributed by atoms with Gasteiger partial charge in [0.15, 0.2) is 0 Å². The van der Waals surface area contributed by atoms with E-state index in [0.717, 1.165) is 5.39 Å². The first kappa shape index (κ1) is 20.3. The van der Waals surface area contributed by atoms with Gasteiger partial charge in [0.25, 0.3) is 0 Å². The Morgan fingerprint density at radius 1 is 1.18 bits per heavy atom. The molecule has 0 bridgehead atoms. The van der Waals surface area contributed by atoms with Gasteiger partial charge in [0.05, 0.1) is 11.4 Å². The number of hydrogen-bond donors (Lipinski definition) is 1. The lowest BCUT2D eigenvalue weighted by molar-refractivity contribution is -0.116. The molecular weight excluding hydrogens is 398 g/mol. The van der Waals surface area contributed by atoms with Gasteiger partial charge in [-0.1, -0.05) is 36.7 Å². The molecule has 6 nitrogen and oxygen atoms in total. The summed E-state index contributed by atoms with van der Waals surface area (Å²) in [5.41, 5.74) is 0.516. The van der Waals surface area contributed by atoms with Crippen molar-refractivity contribution in [3.63, 3.8) is 0 Å². The summed E-state index contributed by atoms with van der Waals surface area (Å²) >= 11 is 5.93. The highest BCUT2D eigenvalue weighted by molar-refractivity contribution is 7.89. The minimum Gasteiger partial charge on any atom is -0.325 e. The first-order valence-electron chi connectivity index (χ1n) is 8.80. The topological polar surface area (TPSA) is 79.4 Å². The number of nitrogens with one attached hydrogen (secondary N) is 1. The molecule has 0 atom stereocenters. The van der Waals surface area contributed by atoms with Crippen LogP contribution >= 0.6 is 11.6 Å². The monoisotopic (exact) mass is 417 g/mol. The number of fused-ring (bicyclic) bond motifs is 1. The lowest BCUT2D eigenvalue weighted by Crippen LogP contribution is -2.38. The van der Waals surface area contributed by atoms with E-state index >= 15 is 0 Å². The quantitative estimate of drug-likeness (QED) is 0.631. The number of hydrogen-bond acceptors (Lipinski definition) is 4. The Labute approximate surface area is 169 Å². The van der Waals surface area contributed by atoms with Crippen LogP contribution < -0.4 is 5.32 Å². The van der Waals surface area contributed by atoms with Gasteiger partial charge in [-0.05, 0) is 36.8 Å². The number of anilines is 1. The van der Waals surface area contributed by atoms with E-state index in [9.17, 15) is 13.2 Å². The van der Waals surface area contributed by atoms with Gasteiger partial charge in [-0.15, -0.1) is 0 Å². The van der Waals surface area contributed by atoms with Gasteiger partial charge in [-0.25, -0.2) is 8.42 Å². The fourth-order valence-electron chi connectivity index (χ4n) is 2.92. The second kappa shape index (κ2) is 8.68. The molecular formula is C20H20ClN3O3S. The largest absolute Gasteiger partial charge is 0.325 e. The third-order valence-corrected chi connectivity index (χ3v) is 6.30. The number of rotatable bonds is 7. The molecule has 1 heterocycles. The van der Waals surface area contributed by atoms with Crippen LogP contribution in [0.4, 0.5) is 5.69 Å². The van der Waals surface area contributed by atoms with Crippen LogP contribution in [0.25, 0.3) is 10.8 Å². The third kappa shape index (κ3) is 4.49. The van der Waals surface area contributed by atoms with Gasteiger partial charge in [0.1, 0.15) is 0 Å². The predicted octanol–water partition coefficient (Wildman–Crippen LogP) is 3.93. The van der Waals surface area contributed by atoms with E-state index in [2.05, 4.69) is 10.3 Å². The van der Waals surface area contributed by atoms with Gasteiger partial charge in [0, 0.05) is 40.4 Å². The van der Waals surface area contributed by atoms with E-state index < -0.39 is 15.9 Å². The summed E-state index contributed by atoms with van der Waals surface area (Å²) < 4.78 is 27.8. The van der Waals surface area contributed by atoms with Crippen molar-refractivity contribution in [2.45, 2.75) is 18.2 Å². The Bertz CT molecular complexity index is 1100. The summed E-state index contributed by atoms with van der Waals surface area (Å²) in [6.45, 7) is 1.81. The lowest BCUT2D eigenvalue weighted by Gasteiger charge is -2.22. The van der Waals surface area contributed by atoms with Crippen LogP contribution in [0.5, 0.6) is 0 Å². The van der Waals surface area contributed by atoms with E-state index in [0.29, 0.717) is 22.5 Å². The Kier molecular flexibility index (Phi) is 6.28. The van der Waals surface area contributed by atoms with Crippen molar-refractivity contribution in [2.24, 2.45) is 0 Å². The van der Waals surface area contributed by atoms with E-state index in [-0.39, 0.29) is 18.0 Å². The maximum absolute atomic E-state index is 13.3. The molecule has 0 saturated carbocycles. The number of amides is 1. The average molecular weight is 418 g/mol. The number of carbonyl (C=O) groups is 1. The average Bonchev–Trinajstić information content (AvgIpc) is 2.67. The molecule has 1 N–H and O–H groups in total. The molecule has 146 valence electrons. The molecule has 1 amide bonds. The van der Waals surface area contributed by atoms with Crippen molar-refractivity contribution in [2.75, 3.05) is 18.4 Å². The van der Waals surface area contributed by atoms with Gasteiger partial charge >= 0.3 is 0 Å². The minimum atomic E-state index is -3.87. The SMILES string of the molecule is CCCN(CC(=O)Nc1cccc(Cl)c1)S(=O)(=O)c1cccc2cnccc12. The number of pyridine rings is 1. The van der Waals surface area contributed by atoms with Gasteiger partial charge in [-0.2, -0.15) is 4.31 Å². The smallest absolute Gasteiger partial charge is 0.244 e. The zero-order chi connectivity index (χ0) is 20.1.